The van der Waals surface area contributed by atoms with Crippen LogP contribution in [0.25, 0.3) is 0 Å². The van der Waals surface area contributed by atoms with Crippen molar-refractivity contribution in [2.24, 2.45) is 17.3 Å². The van der Waals surface area contributed by atoms with E-state index in [1.807, 2.05) is 0 Å². The van der Waals surface area contributed by atoms with Gasteiger partial charge in [0.2, 0.25) is 0 Å². The van der Waals surface area contributed by atoms with Crippen LogP contribution in [0.3, 0.4) is 0 Å². The first kappa shape index (κ1) is 15.5. The van der Waals surface area contributed by atoms with Crippen molar-refractivity contribution in [1.29, 1.82) is 0 Å². The predicted octanol–water partition coefficient (Wildman–Crippen LogP) is 4.34. The first-order valence-corrected chi connectivity index (χ1v) is 6.60. The van der Waals surface area contributed by atoms with Gasteiger partial charge in [-0.3, -0.25) is 4.79 Å². The summed E-state index contributed by atoms with van der Waals surface area (Å²) in [4.78, 5) is 10.6. The number of aliphatic carboxylic acids is 1. The molecule has 0 saturated heterocycles. The summed E-state index contributed by atoms with van der Waals surface area (Å²) in [5.74, 6) is 0.656. The molecule has 2 heteroatoms. The van der Waals surface area contributed by atoms with Gasteiger partial charge >= 0.3 is 5.97 Å². The van der Waals surface area contributed by atoms with E-state index >= 15 is 0 Å². The first-order chi connectivity index (χ1) is 7.38. The van der Waals surface area contributed by atoms with E-state index < -0.39 is 5.97 Å². The second-order valence-electron chi connectivity index (χ2n) is 5.37. The molecule has 0 aliphatic rings. The minimum absolute atomic E-state index is 0.291. The average molecular weight is 228 g/mol. The van der Waals surface area contributed by atoms with E-state index in [-0.39, 0.29) is 0 Å². The van der Waals surface area contributed by atoms with Gasteiger partial charge in [0.25, 0.3) is 0 Å². The van der Waals surface area contributed by atoms with Crippen molar-refractivity contribution in [3.05, 3.63) is 0 Å². The molecule has 0 aromatic heterocycles. The topological polar surface area (TPSA) is 37.3 Å². The van der Waals surface area contributed by atoms with Crippen LogP contribution in [0, 0.1) is 17.3 Å². The Balaban J connectivity index is 4.47. The molecule has 2 unspecified atom stereocenters. The molecular formula is C14H28O2. The lowest BCUT2D eigenvalue weighted by molar-refractivity contribution is -0.137. The lowest BCUT2D eigenvalue weighted by Crippen LogP contribution is -2.32. The highest BCUT2D eigenvalue weighted by Gasteiger charge is 2.34. The van der Waals surface area contributed by atoms with Crippen molar-refractivity contribution in [3.63, 3.8) is 0 Å². The largest absolute Gasteiger partial charge is 0.481 e. The minimum Gasteiger partial charge on any atom is -0.481 e. The highest BCUT2D eigenvalue weighted by molar-refractivity contribution is 5.66. The van der Waals surface area contributed by atoms with Gasteiger partial charge in [-0.05, 0) is 30.1 Å². The minimum atomic E-state index is -0.671. The molecule has 0 fully saturated rings. The number of carbonyl (C=O) groups is 1. The highest BCUT2D eigenvalue weighted by atomic mass is 16.4. The van der Waals surface area contributed by atoms with Crippen LogP contribution in [-0.2, 0) is 4.79 Å². The van der Waals surface area contributed by atoms with Gasteiger partial charge in [0.05, 0.1) is 0 Å². The van der Waals surface area contributed by atoms with Crippen molar-refractivity contribution in [3.8, 4) is 0 Å². The third kappa shape index (κ3) is 4.15. The summed E-state index contributed by atoms with van der Waals surface area (Å²) < 4.78 is 0. The van der Waals surface area contributed by atoms with Crippen LogP contribution in [-0.4, -0.2) is 11.1 Å². The molecule has 0 aromatic carbocycles. The molecule has 96 valence electrons. The molecule has 0 saturated carbocycles. The molecule has 0 bridgehead atoms. The van der Waals surface area contributed by atoms with Crippen LogP contribution in [0.4, 0.5) is 0 Å². The standard InChI is InChI=1S/C14H28O2/c1-6-11(3)14(5,12(4)7-2)10-8-9-13(15)16/h11-12H,6-10H2,1-5H3,(H,15,16). The van der Waals surface area contributed by atoms with Gasteiger partial charge in [-0.15, -0.1) is 0 Å². The third-order valence-corrected chi connectivity index (χ3v) is 4.58. The summed E-state index contributed by atoms with van der Waals surface area (Å²) in [5, 5.41) is 8.70. The van der Waals surface area contributed by atoms with Gasteiger partial charge in [0.15, 0.2) is 0 Å². The molecule has 0 aliphatic heterocycles. The molecule has 0 aliphatic carbocycles. The van der Waals surface area contributed by atoms with E-state index in [2.05, 4.69) is 34.6 Å². The Morgan fingerprint density at radius 1 is 1.19 bits per heavy atom. The second kappa shape index (κ2) is 6.93. The number of hydrogen-bond donors (Lipinski definition) is 1. The number of carboxylic acids is 1. The number of rotatable bonds is 8. The van der Waals surface area contributed by atoms with Crippen LogP contribution < -0.4 is 0 Å². The van der Waals surface area contributed by atoms with Gasteiger partial charge < -0.3 is 5.11 Å². The molecule has 0 heterocycles. The Labute approximate surface area is 100 Å². The Morgan fingerprint density at radius 3 is 1.94 bits per heavy atom. The molecule has 0 amide bonds. The monoisotopic (exact) mass is 228 g/mol. The Kier molecular flexibility index (Phi) is 6.70. The van der Waals surface area contributed by atoms with Crippen LogP contribution in [0.15, 0.2) is 0 Å². The van der Waals surface area contributed by atoms with Crippen molar-refractivity contribution in [2.75, 3.05) is 0 Å². The fourth-order valence-corrected chi connectivity index (χ4v) is 2.53. The molecule has 1 N–H and O–H groups in total. The zero-order valence-corrected chi connectivity index (χ0v) is 11.5. The predicted molar refractivity (Wildman–Crippen MR) is 68.5 cm³/mol. The maximum Gasteiger partial charge on any atom is 0.303 e. The van der Waals surface area contributed by atoms with Gasteiger partial charge in [-0.2, -0.15) is 0 Å². The average Bonchev–Trinajstić information content (AvgIpc) is 2.25. The molecule has 0 aromatic rings. The molecular weight excluding hydrogens is 200 g/mol. The van der Waals surface area contributed by atoms with E-state index in [0.717, 1.165) is 12.8 Å². The Bertz CT molecular complexity index is 201. The van der Waals surface area contributed by atoms with E-state index in [4.69, 9.17) is 5.11 Å². The van der Waals surface area contributed by atoms with Gasteiger partial charge in [0, 0.05) is 6.42 Å². The molecule has 2 atom stereocenters. The van der Waals surface area contributed by atoms with E-state index in [0.29, 0.717) is 23.7 Å². The summed E-state index contributed by atoms with van der Waals surface area (Å²) >= 11 is 0. The van der Waals surface area contributed by atoms with Crippen molar-refractivity contribution in [2.45, 2.75) is 66.7 Å². The molecule has 0 radical (unpaired) electrons. The number of carboxylic acid groups (broad SMARTS) is 1. The first-order valence-electron chi connectivity index (χ1n) is 6.60. The van der Waals surface area contributed by atoms with Gasteiger partial charge in [-0.1, -0.05) is 47.5 Å². The second-order valence-corrected chi connectivity index (χ2v) is 5.37. The quantitative estimate of drug-likeness (QED) is 0.671. The van der Waals surface area contributed by atoms with E-state index in [1.165, 1.54) is 12.8 Å². The maximum absolute atomic E-state index is 10.6. The van der Waals surface area contributed by atoms with Crippen LogP contribution in [0.1, 0.15) is 66.7 Å². The highest BCUT2D eigenvalue weighted by Crippen LogP contribution is 2.43. The van der Waals surface area contributed by atoms with E-state index in [1.54, 1.807) is 0 Å². The lowest BCUT2D eigenvalue weighted by atomic mass is 9.64. The normalized spacial score (nSPS) is 18.8. The van der Waals surface area contributed by atoms with Gasteiger partial charge in [-0.25, -0.2) is 0 Å². The molecule has 2 nitrogen and oxygen atoms in total. The zero-order valence-electron chi connectivity index (χ0n) is 11.5. The summed E-state index contributed by atoms with van der Waals surface area (Å²) in [6.07, 6.45) is 4.49. The van der Waals surface area contributed by atoms with Crippen LogP contribution >= 0.6 is 0 Å². The Hall–Kier alpha value is -0.530. The van der Waals surface area contributed by atoms with Gasteiger partial charge in [0.1, 0.15) is 0 Å². The van der Waals surface area contributed by atoms with Crippen molar-refractivity contribution < 1.29 is 9.90 Å². The summed E-state index contributed by atoms with van der Waals surface area (Å²) in [6, 6.07) is 0. The fourth-order valence-electron chi connectivity index (χ4n) is 2.53. The summed E-state index contributed by atoms with van der Waals surface area (Å²) in [7, 11) is 0. The molecule has 0 spiro atoms. The van der Waals surface area contributed by atoms with Crippen LogP contribution in [0.5, 0.6) is 0 Å². The van der Waals surface area contributed by atoms with E-state index in [9.17, 15) is 4.79 Å². The summed E-state index contributed by atoms with van der Waals surface area (Å²) in [5.41, 5.74) is 0.291. The SMILES string of the molecule is CCC(C)C(C)(CCCC(=O)O)C(C)CC. The fraction of sp³-hybridized carbons (Fsp3) is 0.929. The zero-order chi connectivity index (χ0) is 12.8. The number of hydrogen-bond acceptors (Lipinski definition) is 1. The third-order valence-electron chi connectivity index (χ3n) is 4.58. The van der Waals surface area contributed by atoms with Crippen LogP contribution in [0.2, 0.25) is 0 Å². The van der Waals surface area contributed by atoms with Crippen molar-refractivity contribution >= 4 is 5.97 Å². The maximum atomic E-state index is 10.6. The smallest absolute Gasteiger partial charge is 0.303 e. The summed E-state index contributed by atoms with van der Waals surface area (Å²) in [6.45, 7) is 11.4. The lowest BCUT2D eigenvalue weighted by Gasteiger charge is -2.41. The Morgan fingerprint density at radius 2 is 1.62 bits per heavy atom. The molecule has 16 heavy (non-hydrogen) atoms. The van der Waals surface area contributed by atoms with Crippen molar-refractivity contribution in [1.82, 2.24) is 0 Å². The molecule has 0 rings (SSSR count).